The summed E-state index contributed by atoms with van der Waals surface area (Å²) in [4.78, 5) is 25.2. The molecule has 0 unspecified atom stereocenters. The number of rotatable bonds is 4. The molecule has 1 saturated heterocycles. The van der Waals surface area contributed by atoms with Crippen molar-refractivity contribution in [2.75, 3.05) is 18.1 Å². The molecule has 0 radical (unpaired) electrons. The third-order valence-electron chi connectivity index (χ3n) is 5.38. The number of fused-ring (bicyclic) bond motifs is 2. The molecule has 3 aliphatic rings. The number of benzene rings is 2. The van der Waals surface area contributed by atoms with Gasteiger partial charge in [-0.05, 0) is 43.0 Å². The highest BCUT2D eigenvalue weighted by Crippen LogP contribution is 2.48. The summed E-state index contributed by atoms with van der Waals surface area (Å²) >= 11 is 0. The van der Waals surface area contributed by atoms with Gasteiger partial charge in [0.15, 0.2) is 0 Å². The lowest BCUT2D eigenvalue weighted by molar-refractivity contribution is -0.385. The van der Waals surface area contributed by atoms with E-state index in [-0.39, 0.29) is 23.9 Å². The number of nitrogens with zero attached hydrogens (tertiary/aromatic N) is 2. The molecule has 6 nitrogen and oxygen atoms in total. The highest BCUT2D eigenvalue weighted by Gasteiger charge is 2.38. The van der Waals surface area contributed by atoms with Crippen LogP contribution in [-0.4, -0.2) is 24.0 Å². The zero-order chi connectivity index (χ0) is 18.3. The second-order valence-electron chi connectivity index (χ2n) is 6.75. The van der Waals surface area contributed by atoms with E-state index in [4.69, 9.17) is 4.74 Å². The molecule has 6 heteroatoms. The van der Waals surface area contributed by atoms with Gasteiger partial charge in [0.2, 0.25) is 0 Å². The van der Waals surface area contributed by atoms with Crippen LogP contribution in [0.5, 0.6) is 0 Å². The van der Waals surface area contributed by atoms with Crippen LogP contribution in [0.15, 0.2) is 42.5 Å². The van der Waals surface area contributed by atoms with Gasteiger partial charge < -0.3 is 9.64 Å². The van der Waals surface area contributed by atoms with Crippen molar-refractivity contribution in [3.63, 3.8) is 0 Å². The summed E-state index contributed by atoms with van der Waals surface area (Å²) < 4.78 is 5.02. The van der Waals surface area contributed by atoms with E-state index in [1.165, 1.54) is 17.2 Å². The van der Waals surface area contributed by atoms with Gasteiger partial charge in [-0.1, -0.05) is 24.3 Å². The molecule has 0 saturated carbocycles. The molecule has 0 amide bonds. The maximum Gasteiger partial charge on any atom is 0.345 e. The van der Waals surface area contributed by atoms with Crippen molar-refractivity contribution in [2.24, 2.45) is 0 Å². The van der Waals surface area contributed by atoms with Crippen LogP contribution in [0.2, 0.25) is 0 Å². The van der Waals surface area contributed by atoms with Crippen LogP contribution in [-0.2, 0) is 4.74 Å². The number of piperidine rings is 1. The number of anilines is 1. The largest absolute Gasteiger partial charge is 0.462 e. The van der Waals surface area contributed by atoms with Crippen molar-refractivity contribution < 1.29 is 14.5 Å². The van der Waals surface area contributed by atoms with Crippen molar-refractivity contribution in [2.45, 2.75) is 31.7 Å². The van der Waals surface area contributed by atoms with Gasteiger partial charge in [-0.25, -0.2) is 4.79 Å². The van der Waals surface area contributed by atoms with Gasteiger partial charge in [0.1, 0.15) is 5.56 Å². The molecule has 0 spiro atoms. The zero-order valence-electron chi connectivity index (χ0n) is 14.6. The van der Waals surface area contributed by atoms with E-state index in [0.717, 1.165) is 25.1 Å². The Morgan fingerprint density at radius 3 is 2.73 bits per heavy atom. The average Bonchev–Trinajstić information content (AvgIpc) is 2.68. The van der Waals surface area contributed by atoms with E-state index >= 15 is 0 Å². The molecule has 2 heterocycles. The standard InChI is InChI=1S/C20H20N2O4/c1-2-26-20(23)17-11-14(8-10-19(17)22(24)25)21-12-13-7-9-18(21)16-6-4-3-5-15(13)16/h3-6,8,10-11,13,18H,2,7,9,12H2,1H3/t13-,18+/m1/s1. The Labute approximate surface area is 151 Å². The summed E-state index contributed by atoms with van der Waals surface area (Å²) in [5.41, 5.74) is 3.38. The Morgan fingerprint density at radius 2 is 2.00 bits per heavy atom. The van der Waals surface area contributed by atoms with Crippen LogP contribution in [0.3, 0.4) is 0 Å². The molecule has 5 rings (SSSR count). The minimum absolute atomic E-state index is 0.0177. The molecule has 2 atom stereocenters. The normalized spacial score (nSPS) is 20.6. The Morgan fingerprint density at radius 1 is 1.23 bits per heavy atom. The first-order chi connectivity index (χ1) is 12.6. The molecule has 26 heavy (non-hydrogen) atoms. The molecule has 1 fully saturated rings. The average molecular weight is 352 g/mol. The van der Waals surface area contributed by atoms with Crippen LogP contribution >= 0.6 is 0 Å². The second-order valence-corrected chi connectivity index (χ2v) is 6.75. The van der Waals surface area contributed by atoms with Crippen molar-refractivity contribution >= 4 is 17.3 Å². The molecule has 2 aromatic carbocycles. The molecule has 2 aromatic rings. The third-order valence-corrected chi connectivity index (χ3v) is 5.38. The second kappa shape index (κ2) is 6.44. The monoisotopic (exact) mass is 352 g/mol. The van der Waals surface area contributed by atoms with E-state index < -0.39 is 10.9 Å². The summed E-state index contributed by atoms with van der Waals surface area (Å²) in [6, 6.07) is 13.5. The maximum absolute atomic E-state index is 12.2. The van der Waals surface area contributed by atoms with Crippen LogP contribution in [0.1, 0.15) is 53.2 Å². The first-order valence-electron chi connectivity index (χ1n) is 8.91. The molecule has 2 aliphatic heterocycles. The lowest BCUT2D eigenvalue weighted by Gasteiger charge is -2.48. The fourth-order valence-electron chi connectivity index (χ4n) is 4.25. The lowest BCUT2D eigenvalue weighted by Crippen LogP contribution is -2.42. The molecule has 134 valence electrons. The Hall–Kier alpha value is -2.89. The maximum atomic E-state index is 12.2. The van der Waals surface area contributed by atoms with Gasteiger partial charge in [-0.2, -0.15) is 0 Å². The lowest BCUT2D eigenvalue weighted by atomic mass is 9.74. The third kappa shape index (κ3) is 2.62. The molecule has 0 aromatic heterocycles. The molecule has 2 bridgehead atoms. The Kier molecular flexibility index (Phi) is 4.11. The highest BCUT2D eigenvalue weighted by molar-refractivity contribution is 5.95. The minimum atomic E-state index is -0.649. The van der Waals surface area contributed by atoms with E-state index in [0.29, 0.717) is 5.92 Å². The van der Waals surface area contributed by atoms with Crippen LogP contribution < -0.4 is 4.90 Å². The predicted molar refractivity (Wildman–Crippen MR) is 97.6 cm³/mol. The molecular weight excluding hydrogens is 332 g/mol. The Balaban J connectivity index is 1.74. The number of nitro benzene ring substituents is 1. The smallest absolute Gasteiger partial charge is 0.345 e. The number of carbonyl (C=O) groups excluding carboxylic acids is 1. The van der Waals surface area contributed by atoms with E-state index in [1.807, 2.05) is 0 Å². The number of hydrogen-bond acceptors (Lipinski definition) is 5. The topological polar surface area (TPSA) is 72.7 Å². The summed E-state index contributed by atoms with van der Waals surface area (Å²) in [6.07, 6.45) is 2.20. The van der Waals surface area contributed by atoms with Crippen molar-refractivity contribution in [1.82, 2.24) is 0 Å². The number of carbonyl (C=O) groups is 1. The van der Waals surface area contributed by atoms with Crippen molar-refractivity contribution in [3.8, 4) is 0 Å². The number of nitro groups is 1. The van der Waals surface area contributed by atoms with Crippen LogP contribution in [0.4, 0.5) is 11.4 Å². The van der Waals surface area contributed by atoms with E-state index in [9.17, 15) is 14.9 Å². The fraction of sp³-hybridized carbons (Fsp3) is 0.350. The van der Waals surface area contributed by atoms with Gasteiger partial charge in [0, 0.05) is 24.2 Å². The molecular formula is C20H20N2O4. The fourth-order valence-corrected chi connectivity index (χ4v) is 4.25. The zero-order valence-corrected chi connectivity index (χ0v) is 14.6. The van der Waals surface area contributed by atoms with Crippen LogP contribution in [0.25, 0.3) is 0 Å². The van der Waals surface area contributed by atoms with Gasteiger partial charge in [-0.3, -0.25) is 10.1 Å². The number of hydrogen-bond donors (Lipinski definition) is 0. The Bertz CT molecular complexity index is 880. The van der Waals surface area contributed by atoms with Crippen molar-refractivity contribution in [1.29, 1.82) is 0 Å². The molecule has 0 N–H and O–H groups in total. The van der Waals surface area contributed by atoms with Gasteiger partial charge in [-0.15, -0.1) is 0 Å². The predicted octanol–water partition coefficient (Wildman–Crippen LogP) is 4.21. The van der Waals surface area contributed by atoms with Gasteiger partial charge in [0.05, 0.1) is 17.6 Å². The summed E-state index contributed by atoms with van der Waals surface area (Å²) in [7, 11) is 0. The first kappa shape index (κ1) is 16.6. The summed E-state index contributed by atoms with van der Waals surface area (Å²) in [5.74, 6) is -0.193. The summed E-state index contributed by atoms with van der Waals surface area (Å²) in [5, 5.41) is 11.3. The first-order valence-corrected chi connectivity index (χ1v) is 8.91. The minimum Gasteiger partial charge on any atom is -0.462 e. The van der Waals surface area contributed by atoms with Gasteiger partial charge in [0.25, 0.3) is 5.69 Å². The van der Waals surface area contributed by atoms with E-state index in [1.54, 1.807) is 19.1 Å². The van der Waals surface area contributed by atoms with E-state index in [2.05, 4.69) is 29.2 Å². The SMILES string of the molecule is CCOC(=O)c1cc(N2C[C@H]3CC[C@H]2c2ccccc23)ccc1[N+](=O)[O-]. The van der Waals surface area contributed by atoms with Crippen LogP contribution in [0, 0.1) is 10.1 Å². The molecule has 1 aliphatic carbocycles. The number of ether oxygens (including phenoxy) is 1. The highest BCUT2D eigenvalue weighted by atomic mass is 16.6. The quantitative estimate of drug-likeness (QED) is 0.468. The number of esters is 1. The summed E-state index contributed by atoms with van der Waals surface area (Å²) in [6.45, 7) is 2.73. The van der Waals surface area contributed by atoms with Gasteiger partial charge >= 0.3 is 5.97 Å². The van der Waals surface area contributed by atoms with Crippen molar-refractivity contribution in [3.05, 3.63) is 69.3 Å².